The maximum atomic E-state index is 12.5. The fourth-order valence-corrected chi connectivity index (χ4v) is 4.08. The number of nitrogens with zero attached hydrogens (tertiary/aromatic N) is 5. The van der Waals surface area contributed by atoms with Gasteiger partial charge in [0.05, 0.1) is 4.90 Å². The van der Waals surface area contributed by atoms with Crippen molar-refractivity contribution in [2.24, 2.45) is 0 Å². The summed E-state index contributed by atoms with van der Waals surface area (Å²) in [4.78, 5) is 4.34. The van der Waals surface area contributed by atoms with E-state index < -0.39 is 10.0 Å². The van der Waals surface area contributed by atoms with Gasteiger partial charge in [-0.1, -0.05) is 18.2 Å². The Labute approximate surface area is 174 Å². The molecule has 0 aliphatic rings. The van der Waals surface area contributed by atoms with E-state index in [2.05, 4.69) is 30.3 Å². The van der Waals surface area contributed by atoms with Crippen molar-refractivity contribution in [1.82, 2.24) is 29.5 Å². The standard InChI is InChI=1S/C20H21N7O2S/c1-15-4-2-6-17(12-15)30(28,29)23-11-9-20-25-24-19-8-7-18(26-27(19)20)22-14-16-5-3-10-21-13-16/h2-8,10,12-13,23H,9,11,14H2,1H3,(H,22,26). The third-order valence-corrected chi connectivity index (χ3v) is 5.92. The van der Waals surface area contributed by atoms with E-state index in [4.69, 9.17) is 0 Å². The van der Waals surface area contributed by atoms with Gasteiger partial charge in [-0.2, -0.15) is 4.52 Å². The first-order chi connectivity index (χ1) is 14.5. The predicted octanol–water partition coefficient (Wildman–Crippen LogP) is 1.96. The minimum Gasteiger partial charge on any atom is -0.364 e. The molecule has 154 valence electrons. The molecule has 0 bridgehead atoms. The molecule has 0 amide bonds. The second kappa shape index (κ2) is 8.56. The number of benzene rings is 1. The quantitative estimate of drug-likeness (QED) is 0.445. The topological polar surface area (TPSA) is 114 Å². The molecule has 0 spiro atoms. The average molecular weight is 424 g/mol. The zero-order chi connectivity index (χ0) is 21.0. The number of nitrogens with one attached hydrogen (secondary N) is 2. The lowest BCUT2D eigenvalue weighted by molar-refractivity contribution is 0.580. The first-order valence-electron chi connectivity index (χ1n) is 9.42. The molecule has 0 atom stereocenters. The summed E-state index contributed by atoms with van der Waals surface area (Å²) < 4.78 is 29.2. The Balaban J connectivity index is 1.43. The van der Waals surface area contributed by atoms with E-state index in [1.807, 2.05) is 37.3 Å². The molecule has 4 rings (SSSR count). The zero-order valence-electron chi connectivity index (χ0n) is 16.4. The van der Waals surface area contributed by atoms with Crippen molar-refractivity contribution in [2.75, 3.05) is 11.9 Å². The molecule has 0 unspecified atom stereocenters. The maximum absolute atomic E-state index is 12.5. The molecule has 0 radical (unpaired) electrons. The molecule has 4 aromatic rings. The number of anilines is 1. The number of sulfonamides is 1. The van der Waals surface area contributed by atoms with Gasteiger partial charge in [-0.05, 0) is 48.4 Å². The summed E-state index contributed by atoms with van der Waals surface area (Å²) >= 11 is 0. The molecule has 9 nitrogen and oxygen atoms in total. The fraction of sp³-hybridized carbons (Fsp3) is 0.200. The highest BCUT2D eigenvalue weighted by molar-refractivity contribution is 7.89. The Kier molecular flexibility index (Phi) is 5.68. The molecule has 0 fully saturated rings. The highest BCUT2D eigenvalue weighted by Crippen LogP contribution is 2.12. The van der Waals surface area contributed by atoms with Crippen LogP contribution < -0.4 is 10.0 Å². The molecular formula is C20H21N7O2S. The monoisotopic (exact) mass is 423 g/mol. The summed E-state index contributed by atoms with van der Waals surface area (Å²) in [5, 5.41) is 16.0. The molecule has 0 aliphatic carbocycles. The highest BCUT2D eigenvalue weighted by atomic mass is 32.2. The van der Waals surface area contributed by atoms with Crippen molar-refractivity contribution >= 4 is 21.5 Å². The zero-order valence-corrected chi connectivity index (χ0v) is 17.2. The smallest absolute Gasteiger partial charge is 0.240 e. The van der Waals surface area contributed by atoms with E-state index in [0.717, 1.165) is 11.1 Å². The van der Waals surface area contributed by atoms with Gasteiger partial charge in [0.2, 0.25) is 10.0 Å². The summed E-state index contributed by atoms with van der Waals surface area (Å²) in [5.74, 6) is 1.23. The number of pyridine rings is 1. The number of hydrogen-bond donors (Lipinski definition) is 2. The number of aromatic nitrogens is 5. The molecule has 3 heterocycles. The Morgan fingerprint density at radius 1 is 1.07 bits per heavy atom. The van der Waals surface area contributed by atoms with E-state index in [1.165, 1.54) is 0 Å². The second-order valence-corrected chi connectivity index (χ2v) is 8.55. The molecule has 10 heteroatoms. The van der Waals surface area contributed by atoms with Crippen LogP contribution in [-0.4, -0.2) is 39.8 Å². The van der Waals surface area contributed by atoms with Gasteiger partial charge in [0.1, 0.15) is 5.82 Å². The number of fused-ring (bicyclic) bond motifs is 1. The average Bonchev–Trinajstić information content (AvgIpc) is 3.15. The van der Waals surface area contributed by atoms with E-state index in [9.17, 15) is 8.42 Å². The van der Waals surface area contributed by atoms with Gasteiger partial charge >= 0.3 is 0 Å². The molecule has 1 aromatic carbocycles. The minimum atomic E-state index is -3.58. The molecule has 3 aromatic heterocycles. The van der Waals surface area contributed by atoms with Crippen LogP contribution in [0.3, 0.4) is 0 Å². The Hall–Kier alpha value is -3.37. The van der Waals surface area contributed by atoms with Crippen molar-refractivity contribution in [3.8, 4) is 0 Å². The van der Waals surface area contributed by atoms with Gasteiger partial charge < -0.3 is 5.32 Å². The van der Waals surface area contributed by atoms with Gasteiger partial charge in [-0.3, -0.25) is 4.98 Å². The second-order valence-electron chi connectivity index (χ2n) is 6.78. The van der Waals surface area contributed by atoms with Crippen molar-refractivity contribution < 1.29 is 8.42 Å². The highest BCUT2D eigenvalue weighted by Gasteiger charge is 2.15. The Morgan fingerprint density at radius 3 is 2.77 bits per heavy atom. The minimum absolute atomic E-state index is 0.187. The van der Waals surface area contributed by atoms with Gasteiger partial charge in [0, 0.05) is 31.9 Å². The number of rotatable bonds is 8. The summed E-state index contributed by atoms with van der Waals surface area (Å²) in [6.07, 6.45) is 3.87. The Morgan fingerprint density at radius 2 is 1.97 bits per heavy atom. The third-order valence-electron chi connectivity index (χ3n) is 4.46. The fourth-order valence-electron chi connectivity index (χ4n) is 2.94. The van der Waals surface area contributed by atoms with Gasteiger partial charge in [0.25, 0.3) is 0 Å². The van der Waals surface area contributed by atoms with Crippen LogP contribution in [0.25, 0.3) is 5.65 Å². The van der Waals surface area contributed by atoms with E-state index in [0.29, 0.717) is 30.3 Å². The molecule has 30 heavy (non-hydrogen) atoms. The van der Waals surface area contributed by atoms with E-state index in [-0.39, 0.29) is 11.4 Å². The van der Waals surface area contributed by atoms with Crippen LogP contribution in [0.2, 0.25) is 0 Å². The van der Waals surface area contributed by atoms with E-state index >= 15 is 0 Å². The first-order valence-corrected chi connectivity index (χ1v) is 10.9. The van der Waals surface area contributed by atoms with Crippen molar-refractivity contribution in [2.45, 2.75) is 24.8 Å². The SMILES string of the molecule is Cc1cccc(S(=O)(=O)NCCc2nnc3ccc(NCc4cccnc4)nn23)c1. The van der Waals surface area contributed by atoms with Gasteiger partial charge in [-0.25, -0.2) is 13.1 Å². The Bertz CT molecular complexity index is 1260. The molecule has 0 saturated carbocycles. The molecule has 0 saturated heterocycles. The lowest BCUT2D eigenvalue weighted by atomic mass is 10.2. The lowest BCUT2D eigenvalue weighted by Crippen LogP contribution is -2.26. The predicted molar refractivity (Wildman–Crippen MR) is 112 cm³/mol. The molecule has 0 aliphatic heterocycles. The van der Waals surface area contributed by atoms with Crippen LogP contribution in [0.1, 0.15) is 17.0 Å². The van der Waals surface area contributed by atoms with Crippen molar-refractivity contribution in [1.29, 1.82) is 0 Å². The van der Waals surface area contributed by atoms with E-state index in [1.54, 1.807) is 35.1 Å². The van der Waals surface area contributed by atoms with Crippen LogP contribution >= 0.6 is 0 Å². The largest absolute Gasteiger partial charge is 0.364 e. The number of aryl methyl sites for hydroxylation is 1. The summed E-state index contributed by atoms with van der Waals surface area (Å²) in [7, 11) is -3.58. The number of hydrogen-bond acceptors (Lipinski definition) is 7. The summed E-state index contributed by atoms with van der Waals surface area (Å²) in [6, 6.07) is 14.3. The normalized spacial score (nSPS) is 11.6. The molecular weight excluding hydrogens is 402 g/mol. The van der Waals surface area contributed by atoms with Crippen LogP contribution in [0.15, 0.2) is 65.8 Å². The van der Waals surface area contributed by atoms with Crippen molar-refractivity contribution in [3.05, 3.63) is 77.9 Å². The first kappa shape index (κ1) is 19.9. The van der Waals surface area contributed by atoms with Crippen LogP contribution in [0, 0.1) is 6.92 Å². The van der Waals surface area contributed by atoms with Gasteiger partial charge in [0.15, 0.2) is 11.5 Å². The van der Waals surface area contributed by atoms with Gasteiger partial charge in [-0.15, -0.1) is 15.3 Å². The van der Waals surface area contributed by atoms with Crippen LogP contribution in [0.5, 0.6) is 0 Å². The maximum Gasteiger partial charge on any atom is 0.240 e. The van der Waals surface area contributed by atoms with Crippen LogP contribution in [0.4, 0.5) is 5.82 Å². The molecule has 2 N–H and O–H groups in total. The lowest BCUT2D eigenvalue weighted by Gasteiger charge is -2.08. The summed E-state index contributed by atoms with van der Waals surface area (Å²) in [6.45, 7) is 2.62. The summed E-state index contributed by atoms with van der Waals surface area (Å²) in [5.41, 5.74) is 2.52. The van der Waals surface area contributed by atoms with Crippen LogP contribution in [-0.2, 0) is 23.0 Å². The van der Waals surface area contributed by atoms with Crippen molar-refractivity contribution in [3.63, 3.8) is 0 Å². The third kappa shape index (κ3) is 4.61.